The van der Waals surface area contributed by atoms with Crippen LogP contribution in [0.1, 0.15) is 36.6 Å². The predicted molar refractivity (Wildman–Crippen MR) is 112 cm³/mol. The maximum atomic E-state index is 5.20. The molecule has 0 amide bonds. The molecule has 3 aromatic rings. The van der Waals surface area contributed by atoms with E-state index in [1.807, 2.05) is 37.3 Å². The van der Waals surface area contributed by atoms with Crippen LogP contribution in [0.2, 0.25) is 0 Å². The summed E-state index contributed by atoms with van der Waals surface area (Å²) in [6.07, 6.45) is 0. The lowest BCUT2D eigenvalue weighted by Gasteiger charge is -2.17. The lowest BCUT2D eigenvalue weighted by molar-refractivity contribution is 0.415. The zero-order chi connectivity index (χ0) is 19.4. The van der Waals surface area contributed by atoms with Crippen LogP contribution in [-0.2, 0) is 0 Å². The van der Waals surface area contributed by atoms with E-state index >= 15 is 0 Å². The van der Waals surface area contributed by atoms with Gasteiger partial charge in [-0.3, -0.25) is 0 Å². The van der Waals surface area contributed by atoms with Crippen LogP contribution >= 0.6 is 0 Å². The third kappa shape index (κ3) is 4.56. The Morgan fingerprint density at radius 2 is 1.67 bits per heavy atom. The molecule has 3 rings (SSSR count). The van der Waals surface area contributed by atoms with Gasteiger partial charge in [-0.05, 0) is 55.2 Å². The minimum absolute atomic E-state index is 0.411. The van der Waals surface area contributed by atoms with Crippen molar-refractivity contribution in [3.8, 4) is 5.75 Å². The Morgan fingerprint density at radius 1 is 0.926 bits per heavy atom. The Balaban J connectivity index is 1.88. The molecule has 1 heterocycles. The van der Waals surface area contributed by atoms with Crippen LogP contribution in [0.25, 0.3) is 0 Å². The summed E-state index contributed by atoms with van der Waals surface area (Å²) in [5.41, 5.74) is 5.34. The first-order chi connectivity index (χ1) is 13.0. The normalized spacial score (nSPS) is 10.7. The SMILES string of the molecule is COc1ccc(Nc2cc(C)nc(Nc3c(C)cccc3C(C)C)n2)cc1. The molecule has 5 heteroatoms. The molecule has 5 nitrogen and oxygen atoms in total. The number of nitrogens with zero attached hydrogens (tertiary/aromatic N) is 2. The topological polar surface area (TPSA) is 59.1 Å². The van der Waals surface area contributed by atoms with Crippen molar-refractivity contribution in [1.82, 2.24) is 9.97 Å². The number of nitrogens with one attached hydrogen (secondary N) is 2. The number of ether oxygens (including phenoxy) is 1. The van der Waals surface area contributed by atoms with E-state index in [4.69, 9.17) is 4.74 Å². The summed E-state index contributed by atoms with van der Waals surface area (Å²) in [7, 11) is 1.66. The Morgan fingerprint density at radius 3 is 2.33 bits per heavy atom. The van der Waals surface area contributed by atoms with E-state index in [1.54, 1.807) is 7.11 Å². The van der Waals surface area contributed by atoms with Crippen molar-refractivity contribution in [2.75, 3.05) is 17.7 Å². The van der Waals surface area contributed by atoms with Crippen LogP contribution < -0.4 is 15.4 Å². The molecule has 0 aliphatic heterocycles. The van der Waals surface area contributed by atoms with Gasteiger partial charge < -0.3 is 15.4 Å². The van der Waals surface area contributed by atoms with Crippen LogP contribution in [0.5, 0.6) is 5.75 Å². The molecule has 0 atom stereocenters. The fourth-order valence-corrected chi connectivity index (χ4v) is 2.96. The second-order valence-corrected chi connectivity index (χ2v) is 6.89. The smallest absolute Gasteiger partial charge is 0.229 e. The minimum atomic E-state index is 0.411. The summed E-state index contributed by atoms with van der Waals surface area (Å²) in [4.78, 5) is 9.20. The number of benzene rings is 2. The molecule has 0 aliphatic carbocycles. The standard InChI is InChI=1S/C22H26N4O/c1-14(2)19-8-6-7-15(3)21(19)26-22-23-16(4)13-20(25-22)24-17-9-11-18(27-5)12-10-17/h6-14H,1-5H3,(H2,23,24,25,26). The number of aromatic nitrogens is 2. The van der Waals surface area contributed by atoms with Gasteiger partial charge in [0, 0.05) is 23.1 Å². The molecule has 0 saturated carbocycles. The molecule has 0 bridgehead atoms. The van der Waals surface area contributed by atoms with Crippen LogP contribution in [-0.4, -0.2) is 17.1 Å². The first-order valence-corrected chi connectivity index (χ1v) is 9.09. The Kier molecular flexibility index (Phi) is 5.60. The van der Waals surface area contributed by atoms with E-state index < -0.39 is 0 Å². The molecule has 0 spiro atoms. The van der Waals surface area contributed by atoms with Crippen molar-refractivity contribution < 1.29 is 4.74 Å². The van der Waals surface area contributed by atoms with Gasteiger partial charge in [0.15, 0.2) is 0 Å². The summed E-state index contributed by atoms with van der Waals surface area (Å²) in [6.45, 7) is 8.44. The van der Waals surface area contributed by atoms with Gasteiger partial charge in [-0.1, -0.05) is 32.0 Å². The second-order valence-electron chi connectivity index (χ2n) is 6.89. The molecule has 0 aliphatic rings. The Hall–Kier alpha value is -3.08. The maximum absolute atomic E-state index is 5.20. The van der Waals surface area contributed by atoms with Crippen LogP contribution in [0.15, 0.2) is 48.5 Å². The summed E-state index contributed by atoms with van der Waals surface area (Å²) in [6, 6.07) is 16.0. The van der Waals surface area contributed by atoms with Gasteiger partial charge in [0.1, 0.15) is 11.6 Å². The zero-order valence-corrected chi connectivity index (χ0v) is 16.5. The highest BCUT2D eigenvalue weighted by Gasteiger charge is 2.11. The second kappa shape index (κ2) is 8.08. The third-order valence-electron chi connectivity index (χ3n) is 4.38. The van der Waals surface area contributed by atoms with Crippen LogP contribution in [0.4, 0.5) is 23.1 Å². The molecule has 0 radical (unpaired) electrons. The van der Waals surface area contributed by atoms with Crippen molar-refractivity contribution in [3.63, 3.8) is 0 Å². The first-order valence-electron chi connectivity index (χ1n) is 9.09. The first kappa shape index (κ1) is 18.7. The monoisotopic (exact) mass is 362 g/mol. The molecule has 140 valence electrons. The number of hydrogen-bond donors (Lipinski definition) is 2. The van der Waals surface area contributed by atoms with Crippen molar-refractivity contribution >= 4 is 23.1 Å². The number of para-hydroxylation sites is 1. The van der Waals surface area contributed by atoms with Gasteiger partial charge in [0.2, 0.25) is 5.95 Å². The van der Waals surface area contributed by atoms with Crippen LogP contribution in [0, 0.1) is 13.8 Å². The number of methoxy groups -OCH3 is 1. The molecule has 0 unspecified atom stereocenters. The van der Waals surface area contributed by atoms with Gasteiger partial charge in [0.05, 0.1) is 7.11 Å². The van der Waals surface area contributed by atoms with E-state index in [1.165, 1.54) is 11.1 Å². The van der Waals surface area contributed by atoms with Crippen molar-refractivity contribution in [1.29, 1.82) is 0 Å². The highest BCUT2D eigenvalue weighted by molar-refractivity contribution is 5.66. The summed E-state index contributed by atoms with van der Waals surface area (Å²) in [5, 5.41) is 6.75. The Labute approximate surface area is 160 Å². The van der Waals surface area contributed by atoms with E-state index in [9.17, 15) is 0 Å². The number of anilines is 4. The van der Waals surface area contributed by atoms with Gasteiger partial charge in [0.25, 0.3) is 0 Å². The van der Waals surface area contributed by atoms with Gasteiger partial charge in [-0.15, -0.1) is 0 Å². The molecule has 2 aromatic carbocycles. The van der Waals surface area contributed by atoms with Gasteiger partial charge in [-0.25, -0.2) is 4.98 Å². The third-order valence-corrected chi connectivity index (χ3v) is 4.38. The number of aryl methyl sites for hydroxylation is 2. The highest BCUT2D eigenvalue weighted by Crippen LogP contribution is 2.30. The largest absolute Gasteiger partial charge is 0.497 e. The predicted octanol–water partition coefficient (Wildman–Crippen LogP) is 5.71. The van der Waals surface area contributed by atoms with E-state index in [0.717, 1.165) is 28.6 Å². The van der Waals surface area contributed by atoms with Crippen molar-refractivity contribution in [2.45, 2.75) is 33.6 Å². The summed E-state index contributed by atoms with van der Waals surface area (Å²) in [5.74, 6) is 2.56. The molecular weight excluding hydrogens is 336 g/mol. The highest BCUT2D eigenvalue weighted by atomic mass is 16.5. The summed E-state index contributed by atoms with van der Waals surface area (Å²) >= 11 is 0. The summed E-state index contributed by atoms with van der Waals surface area (Å²) < 4.78 is 5.20. The average Bonchev–Trinajstić information content (AvgIpc) is 2.63. The fourth-order valence-electron chi connectivity index (χ4n) is 2.96. The molecule has 27 heavy (non-hydrogen) atoms. The minimum Gasteiger partial charge on any atom is -0.497 e. The lowest BCUT2D eigenvalue weighted by atomic mass is 9.98. The number of rotatable bonds is 6. The Bertz CT molecular complexity index is 920. The lowest BCUT2D eigenvalue weighted by Crippen LogP contribution is -2.06. The number of hydrogen-bond acceptors (Lipinski definition) is 5. The van der Waals surface area contributed by atoms with Gasteiger partial charge >= 0.3 is 0 Å². The maximum Gasteiger partial charge on any atom is 0.229 e. The fraction of sp³-hybridized carbons (Fsp3) is 0.273. The van der Waals surface area contributed by atoms with E-state index in [-0.39, 0.29) is 0 Å². The molecule has 0 saturated heterocycles. The molecular formula is C22H26N4O. The zero-order valence-electron chi connectivity index (χ0n) is 16.5. The van der Waals surface area contributed by atoms with Crippen molar-refractivity contribution in [3.05, 3.63) is 65.4 Å². The average molecular weight is 362 g/mol. The molecule has 0 fully saturated rings. The molecule has 2 N–H and O–H groups in total. The van der Waals surface area contributed by atoms with Gasteiger partial charge in [-0.2, -0.15) is 4.98 Å². The van der Waals surface area contributed by atoms with E-state index in [0.29, 0.717) is 11.9 Å². The van der Waals surface area contributed by atoms with Crippen molar-refractivity contribution in [2.24, 2.45) is 0 Å². The molecule has 1 aromatic heterocycles. The van der Waals surface area contributed by atoms with Crippen LogP contribution in [0.3, 0.4) is 0 Å². The quantitative estimate of drug-likeness (QED) is 0.588. The van der Waals surface area contributed by atoms with E-state index in [2.05, 4.69) is 59.6 Å².